The first kappa shape index (κ1) is 22.4. The highest BCUT2D eigenvalue weighted by Crippen LogP contribution is 2.22. The summed E-state index contributed by atoms with van der Waals surface area (Å²) in [5.41, 5.74) is 6.29. The van der Waals surface area contributed by atoms with E-state index >= 15 is 0 Å². The molecule has 4 N–H and O–H groups in total. The summed E-state index contributed by atoms with van der Waals surface area (Å²) in [5, 5.41) is 5.27. The number of nitrogens with one attached hydrogen (secondary N) is 2. The summed E-state index contributed by atoms with van der Waals surface area (Å²) in [5.74, 6) is -0.552. The molecule has 0 aliphatic rings. The lowest BCUT2D eigenvalue weighted by atomic mass is 10.1. The predicted octanol–water partition coefficient (Wildman–Crippen LogP) is 0.972. The quantitative estimate of drug-likeness (QED) is 0.561. The second-order valence-electron chi connectivity index (χ2n) is 6.55. The van der Waals surface area contributed by atoms with E-state index in [9.17, 15) is 14.4 Å². The number of amides is 3. The number of para-hydroxylation sites is 2. The van der Waals surface area contributed by atoms with E-state index in [2.05, 4.69) is 10.6 Å². The molecule has 0 heterocycles. The average molecular weight is 378 g/mol. The van der Waals surface area contributed by atoms with E-state index < -0.39 is 6.04 Å². The summed E-state index contributed by atoms with van der Waals surface area (Å²) < 4.78 is 5.20. The molecule has 0 radical (unpaired) electrons. The average Bonchev–Trinajstić information content (AvgIpc) is 2.65. The second kappa shape index (κ2) is 11.2. The third kappa shape index (κ3) is 7.26. The zero-order chi connectivity index (χ0) is 20.4. The summed E-state index contributed by atoms with van der Waals surface area (Å²) in [6.45, 7) is 5.67. The number of carbonyl (C=O) groups is 3. The highest BCUT2D eigenvalue weighted by atomic mass is 16.5. The molecule has 1 aromatic carbocycles. The van der Waals surface area contributed by atoms with E-state index in [-0.39, 0.29) is 36.7 Å². The number of hydrogen-bond acceptors (Lipinski definition) is 5. The minimum absolute atomic E-state index is 0.0292. The maximum absolute atomic E-state index is 12.4. The maximum Gasteiger partial charge on any atom is 0.244 e. The zero-order valence-corrected chi connectivity index (χ0v) is 16.5. The van der Waals surface area contributed by atoms with Crippen LogP contribution in [0.25, 0.3) is 0 Å². The molecule has 0 aliphatic carbocycles. The van der Waals surface area contributed by atoms with Gasteiger partial charge in [-0.25, -0.2) is 0 Å². The fourth-order valence-electron chi connectivity index (χ4n) is 2.37. The van der Waals surface area contributed by atoms with Gasteiger partial charge in [0, 0.05) is 6.54 Å². The lowest BCUT2D eigenvalue weighted by molar-refractivity contribution is -0.135. The summed E-state index contributed by atoms with van der Waals surface area (Å²) in [7, 11) is 1.52. The number of methoxy groups -OCH3 is 1. The Hall–Kier alpha value is -2.61. The maximum atomic E-state index is 12.4. The predicted molar refractivity (Wildman–Crippen MR) is 104 cm³/mol. The Labute approximate surface area is 160 Å². The van der Waals surface area contributed by atoms with Gasteiger partial charge in [-0.3, -0.25) is 14.4 Å². The normalized spacial score (nSPS) is 11.6. The Bertz CT molecular complexity index is 648. The zero-order valence-electron chi connectivity index (χ0n) is 16.5. The Morgan fingerprint density at radius 1 is 1.22 bits per heavy atom. The van der Waals surface area contributed by atoms with E-state index in [1.54, 1.807) is 24.3 Å². The van der Waals surface area contributed by atoms with Crippen LogP contribution in [0.2, 0.25) is 0 Å². The summed E-state index contributed by atoms with van der Waals surface area (Å²) in [6.07, 6.45) is 0.688. The van der Waals surface area contributed by atoms with Crippen LogP contribution < -0.4 is 21.1 Å². The topological polar surface area (TPSA) is 114 Å². The number of carbonyl (C=O) groups excluding carboxylic acids is 3. The molecule has 0 aromatic heterocycles. The smallest absolute Gasteiger partial charge is 0.244 e. The lowest BCUT2D eigenvalue weighted by Crippen LogP contribution is -2.49. The van der Waals surface area contributed by atoms with Crippen molar-refractivity contribution < 1.29 is 19.1 Å². The molecule has 0 fully saturated rings. The minimum atomic E-state index is -0.675. The Morgan fingerprint density at radius 3 is 2.48 bits per heavy atom. The number of nitrogens with two attached hydrogens (primary N) is 1. The van der Waals surface area contributed by atoms with E-state index in [0.29, 0.717) is 24.4 Å². The Morgan fingerprint density at radius 2 is 1.89 bits per heavy atom. The van der Waals surface area contributed by atoms with Crippen molar-refractivity contribution in [2.24, 2.45) is 11.7 Å². The molecule has 0 spiro atoms. The van der Waals surface area contributed by atoms with Gasteiger partial charge in [-0.15, -0.1) is 0 Å². The van der Waals surface area contributed by atoms with E-state index in [1.165, 1.54) is 12.0 Å². The highest BCUT2D eigenvalue weighted by molar-refractivity contribution is 5.96. The lowest BCUT2D eigenvalue weighted by Gasteiger charge is -2.23. The van der Waals surface area contributed by atoms with Crippen LogP contribution in [0.5, 0.6) is 5.75 Å². The van der Waals surface area contributed by atoms with Crippen LogP contribution in [0.3, 0.4) is 0 Å². The molecule has 150 valence electrons. The molecular weight excluding hydrogens is 348 g/mol. The number of nitrogens with zero attached hydrogens (tertiary/aromatic N) is 1. The van der Waals surface area contributed by atoms with E-state index in [1.807, 2.05) is 20.8 Å². The molecule has 0 saturated heterocycles. The second-order valence-corrected chi connectivity index (χ2v) is 6.55. The van der Waals surface area contributed by atoms with Crippen molar-refractivity contribution in [1.82, 2.24) is 10.2 Å². The molecular formula is C19H30N4O4. The third-order valence-corrected chi connectivity index (χ3v) is 4.00. The van der Waals surface area contributed by atoms with Gasteiger partial charge in [0.15, 0.2) is 0 Å². The largest absolute Gasteiger partial charge is 0.495 e. The van der Waals surface area contributed by atoms with Crippen molar-refractivity contribution >= 4 is 23.4 Å². The van der Waals surface area contributed by atoms with Crippen LogP contribution >= 0.6 is 0 Å². The highest BCUT2D eigenvalue weighted by Gasteiger charge is 2.21. The molecule has 1 atom stereocenters. The van der Waals surface area contributed by atoms with Crippen LogP contribution in [0.4, 0.5) is 5.69 Å². The molecule has 0 aliphatic heterocycles. The van der Waals surface area contributed by atoms with Gasteiger partial charge in [0.2, 0.25) is 17.7 Å². The van der Waals surface area contributed by atoms with Crippen molar-refractivity contribution in [3.63, 3.8) is 0 Å². The van der Waals surface area contributed by atoms with Crippen molar-refractivity contribution in [3.05, 3.63) is 24.3 Å². The van der Waals surface area contributed by atoms with Gasteiger partial charge in [-0.05, 0) is 24.5 Å². The number of hydrogen-bond donors (Lipinski definition) is 3. The van der Waals surface area contributed by atoms with Gasteiger partial charge in [0.25, 0.3) is 0 Å². The summed E-state index contributed by atoms with van der Waals surface area (Å²) >= 11 is 0. The Balaban J connectivity index is 2.65. The SMILES string of the molecule is CCCN(CC(=O)Nc1ccccc1OC)C(=O)CNC(=O)[C@@H](N)C(C)C. The van der Waals surface area contributed by atoms with Gasteiger partial charge in [0.05, 0.1) is 31.9 Å². The fourth-order valence-corrected chi connectivity index (χ4v) is 2.37. The van der Waals surface area contributed by atoms with Gasteiger partial charge in [0.1, 0.15) is 5.75 Å². The summed E-state index contributed by atoms with van der Waals surface area (Å²) in [6, 6.07) is 6.35. The van der Waals surface area contributed by atoms with Crippen molar-refractivity contribution in [1.29, 1.82) is 0 Å². The first-order valence-electron chi connectivity index (χ1n) is 9.04. The van der Waals surface area contributed by atoms with Gasteiger partial charge in [-0.2, -0.15) is 0 Å². The minimum Gasteiger partial charge on any atom is -0.495 e. The van der Waals surface area contributed by atoms with Crippen molar-refractivity contribution in [2.45, 2.75) is 33.2 Å². The number of rotatable bonds is 10. The molecule has 1 aromatic rings. The van der Waals surface area contributed by atoms with Crippen LogP contribution in [-0.4, -0.2) is 55.4 Å². The molecule has 0 unspecified atom stereocenters. The fraction of sp³-hybridized carbons (Fsp3) is 0.526. The number of benzene rings is 1. The van der Waals surface area contributed by atoms with Crippen molar-refractivity contribution in [2.75, 3.05) is 32.1 Å². The van der Waals surface area contributed by atoms with Crippen LogP contribution in [0, 0.1) is 5.92 Å². The van der Waals surface area contributed by atoms with Crippen molar-refractivity contribution in [3.8, 4) is 5.75 Å². The molecule has 1 rings (SSSR count). The first-order valence-corrected chi connectivity index (χ1v) is 9.04. The third-order valence-electron chi connectivity index (χ3n) is 4.00. The monoisotopic (exact) mass is 378 g/mol. The first-order chi connectivity index (χ1) is 12.8. The van der Waals surface area contributed by atoms with Gasteiger partial charge < -0.3 is 26.0 Å². The van der Waals surface area contributed by atoms with Crippen LogP contribution in [0.15, 0.2) is 24.3 Å². The molecule has 3 amide bonds. The number of anilines is 1. The van der Waals surface area contributed by atoms with Crippen LogP contribution in [0.1, 0.15) is 27.2 Å². The number of ether oxygens (including phenoxy) is 1. The van der Waals surface area contributed by atoms with Crippen LogP contribution in [-0.2, 0) is 14.4 Å². The summed E-state index contributed by atoms with van der Waals surface area (Å²) in [4.78, 5) is 38.1. The Kier molecular flexibility index (Phi) is 9.29. The standard InChI is InChI=1S/C19H30N4O4/c1-5-10-23(17(25)11-21-19(26)18(20)13(2)3)12-16(24)22-14-8-6-7-9-15(14)27-4/h6-9,13,18H,5,10-12,20H2,1-4H3,(H,21,26)(H,22,24)/t18-/m0/s1. The molecule has 0 bridgehead atoms. The molecule has 0 saturated carbocycles. The van der Waals surface area contributed by atoms with Gasteiger partial charge >= 0.3 is 0 Å². The van der Waals surface area contributed by atoms with E-state index in [4.69, 9.17) is 10.5 Å². The van der Waals surface area contributed by atoms with Gasteiger partial charge in [-0.1, -0.05) is 32.9 Å². The molecule has 27 heavy (non-hydrogen) atoms. The molecule has 8 nitrogen and oxygen atoms in total. The van der Waals surface area contributed by atoms with E-state index in [0.717, 1.165) is 0 Å². The molecule has 8 heteroatoms.